The zero-order valence-corrected chi connectivity index (χ0v) is 10.7. The molecule has 4 heteroatoms. The summed E-state index contributed by atoms with van der Waals surface area (Å²) in [6.07, 6.45) is 3.77. The Morgan fingerprint density at radius 3 is 3.06 bits per heavy atom. The number of hydrogen-bond acceptors (Lipinski definition) is 4. The highest BCUT2D eigenvalue weighted by atomic mass is 16.6. The number of likely N-dealkylation sites (tertiary alicyclic amines) is 1. The highest BCUT2D eigenvalue weighted by molar-refractivity contribution is 4.98. The number of methoxy groups -OCH3 is 1. The molecule has 3 unspecified atom stereocenters. The van der Waals surface area contributed by atoms with E-state index in [-0.39, 0.29) is 5.60 Å². The lowest BCUT2D eigenvalue weighted by Gasteiger charge is -2.24. The molecule has 4 nitrogen and oxygen atoms in total. The lowest BCUT2D eigenvalue weighted by atomic mass is 9.98. The predicted octanol–water partition coefficient (Wildman–Crippen LogP) is 0.903. The Labute approximate surface area is 103 Å². The van der Waals surface area contributed by atoms with Crippen LogP contribution in [0.2, 0.25) is 0 Å². The van der Waals surface area contributed by atoms with E-state index in [1.165, 1.54) is 25.9 Å². The van der Waals surface area contributed by atoms with E-state index in [4.69, 9.17) is 14.2 Å². The second-order valence-electron chi connectivity index (χ2n) is 5.77. The molecule has 3 atom stereocenters. The first-order chi connectivity index (χ1) is 8.30. The Morgan fingerprint density at radius 1 is 1.41 bits per heavy atom. The van der Waals surface area contributed by atoms with E-state index in [2.05, 4.69) is 4.90 Å². The van der Waals surface area contributed by atoms with Crippen LogP contribution in [0.1, 0.15) is 19.3 Å². The number of ether oxygens (including phenoxy) is 3. The standard InChI is InChI=1S/C13H23NO3/c1-15-12-6-13(17-9-12)3-4-14(10-13)7-11-2-5-16-8-11/h11-12H,2-10H2,1H3. The van der Waals surface area contributed by atoms with Crippen molar-refractivity contribution < 1.29 is 14.2 Å². The van der Waals surface area contributed by atoms with Crippen LogP contribution < -0.4 is 0 Å². The van der Waals surface area contributed by atoms with Gasteiger partial charge in [-0.25, -0.2) is 0 Å². The van der Waals surface area contributed by atoms with Crippen LogP contribution in [0.25, 0.3) is 0 Å². The third-order valence-electron chi connectivity index (χ3n) is 4.44. The summed E-state index contributed by atoms with van der Waals surface area (Å²) in [4.78, 5) is 2.55. The molecule has 0 amide bonds. The van der Waals surface area contributed by atoms with Crippen LogP contribution in [-0.2, 0) is 14.2 Å². The summed E-state index contributed by atoms with van der Waals surface area (Å²) in [7, 11) is 1.79. The van der Waals surface area contributed by atoms with Crippen LogP contribution in [0.5, 0.6) is 0 Å². The topological polar surface area (TPSA) is 30.9 Å². The van der Waals surface area contributed by atoms with E-state index in [0.29, 0.717) is 6.10 Å². The third-order valence-corrected chi connectivity index (χ3v) is 4.44. The van der Waals surface area contributed by atoms with Gasteiger partial charge >= 0.3 is 0 Å². The van der Waals surface area contributed by atoms with Gasteiger partial charge in [0.25, 0.3) is 0 Å². The maximum absolute atomic E-state index is 6.00. The molecule has 0 saturated carbocycles. The van der Waals surface area contributed by atoms with E-state index in [1.54, 1.807) is 7.11 Å². The van der Waals surface area contributed by atoms with Gasteiger partial charge in [-0.2, -0.15) is 0 Å². The minimum absolute atomic E-state index is 0.0974. The zero-order chi connectivity index (χ0) is 11.7. The number of nitrogens with zero attached hydrogens (tertiary/aromatic N) is 1. The van der Waals surface area contributed by atoms with Crippen LogP contribution in [0.4, 0.5) is 0 Å². The second-order valence-corrected chi connectivity index (χ2v) is 5.77. The van der Waals surface area contributed by atoms with Crippen molar-refractivity contribution in [2.24, 2.45) is 5.92 Å². The summed E-state index contributed by atoms with van der Waals surface area (Å²) >= 11 is 0. The fourth-order valence-electron chi connectivity index (χ4n) is 3.41. The Morgan fingerprint density at radius 2 is 2.35 bits per heavy atom. The van der Waals surface area contributed by atoms with Crippen molar-refractivity contribution >= 4 is 0 Å². The summed E-state index contributed by atoms with van der Waals surface area (Å²) < 4.78 is 16.8. The van der Waals surface area contributed by atoms with Gasteiger partial charge in [0.05, 0.1) is 24.9 Å². The van der Waals surface area contributed by atoms with E-state index < -0.39 is 0 Å². The minimum Gasteiger partial charge on any atom is -0.381 e. The quantitative estimate of drug-likeness (QED) is 0.734. The summed E-state index contributed by atoms with van der Waals surface area (Å²) in [5, 5.41) is 0. The Kier molecular flexibility index (Phi) is 3.39. The van der Waals surface area contributed by atoms with Gasteiger partial charge in [0.2, 0.25) is 0 Å². The Bertz CT molecular complexity index is 267. The third kappa shape index (κ3) is 2.50. The molecule has 0 aromatic carbocycles. The molecule has 3 heterocycles. The normalized spacial score (nSPS) is 42.9. The predicted molar refractivity (Wildman–Crippen MR) is 64.1 cm³/mol. The molecule has 0 N–H and O–H groups in total. The van der Waals surface area contributed by atoms with Crippen LogP contribution in [0.15, 0.2) is 0 Å². The van der Waals surface area contributed by atoms with Gasteiger partial charge in [0, 0.05) is 39.8 Å². The molecule has 98 valence electrons. The molecule has 1 spiro atoms. The van der Waals surface area contributed by atoms with Crippen molar-refractivity contribution in [2.45, 2.75) is 31.0 Å². The van der Waals surface area contributed by atoms with E-state index in [0.717, 1.165) is 38.7 Å². The smallest absolute Gasteiger partial charge is 0.0847 e. The molecule has 3 saturated heterocycles. The molecule has 3 fully saturated rings. The summed E-state index contributed by atoms with van der Waals surface area (Å²) in [6, 6.07) is 0. The first-order valence-electron chi connectivity index (χ1n) is 6.76. The van der Waals surface area contributed by atoms with Crippen LogP contribution in [0.3, 0.4) is 0 Å². The van der Waals surface area contributed by atoms with E-state index in [9.17, 15) is 0 Å². The highest BCUT2D eigenvalue weighted by Crippen LogP contribution is 2.36. The van der Waals surface area contributed by atoms with Gasteiger partial charge in [-0.05, 0) is 18.8 Å². The Balaban J connectivity index is 1.51. The first-order valence-corrected chi connectivity index (χ1v) is 6.76. The van der Waals surface area contributed by atoms with Crippen molar-refractivity contribution in [1.82, 2.24) is 4.90 Å². The van der Waals surface area contributed by atoms with Gasteiger partial charge in [-0.3, -0.25) is 4.90 Å². The van der Waals surface area contributed by atoms with Crippen LogP contribution in [0, 0.1) is 5.92 Å². The zero-order valence-electron chi connectivity index (χ0n) is 10.7. The van der Waals surface area contributed by atoms with E-state index in [1.807, 2.05) is 0 Å². The van der Waals surface area contributed by atoms with Gasteiger partial charge in [0.1, 0.15) is 0 Å². The molecule has 3 aliphatic heterocycles. The lowest BCUT2D eigenvalue weighted by Crippen LogP contribution is -2.35. The summed E-state index contributed by atoms with van der Waals surface area (Å²) in [5.41, 5.74) is 0.0974. The van der Waals surface area contributed by atoms with Gasteiger partial charge in [-0.15, -0.1) is 0 Å². The average molecular weight is 241 g/mol. The fraction of sp³-hybridized carbons (Fsp3) is 1.00. The number of hydrogen-bond donors (Lipinski definition) is 0. The molecule has 17 heavy (non-hydrogen) atoms. The van der Waals surface area contributed by atoms with Crippen molar-refractivity contribution in [3.05, 3.63) is 0 Å². The summed E-state index contributed by atoms with van der Waals surface area (Å²) in [6.45, 7) is 6.12. The van der Waals surface area contributed by atoms with Gasteiger partial charge < -0.3 is 14.2 Å². The van der Waals surface area contributed by atoms with Crippen molar-refractivity contribution in [1.29, 1.82) is 0 Å². The van der Waals surface area contributed by atoms with Crippen molar-refractivity contribution in [3.63, 3.8) is 0 Å². The second kappa shape index (κ2) is 4.84. The van der Waals surface area contributed by atoms with E-state index >= 15 is 0 Å². The van der Waals surface area contributed by atoms with Crippen LogP contribution in [-0.4, -0.2) is 63.2 Å². The molecule has 3 aliphatic rings. The Hall–Kier alpha value is -0.160. The molecule has 0 aliphatic carbocycles. The molecular formula is C13H23NO3. The number of rotatable bonds is 3. The molecule has 3 rings (SSSR count). The monoisotopic (exact) mass is 241 g/mol. The molecule has 0 aromatic heterocycles. The first kappa shape index (κ1) is 11.9. The SMILES string of the molecule is COC1COC2(CCN(CC3CCOC3)C2)C1. The van der Waals surface area contributed by atoms with Gasteiger partial charge in [0.15, 0.2) is 0 Å². The van der Waals surface area contributed by atoms with Crippen molar-refractivity contribution in [2.75, 3.05) is 46.6 Å². The minimum atomic E-state index is 0.0974. The maximum atomic E-state index is 6.00. The van der Waals surface area contributed by atoms with Gasteiger partial charge in [-0.1, -0.05) is 0 Å². The van der Waals surface area contributed by atoms with Crippen molar-refractivity contribution in [3.8, 4) is 0 Å². The molecule has 0 radical (unpaired) electrons. The fourth-order valence-corrected chi connectivity index (χ4v) is 3.41. The molecule has 0 bridgehead atoms. The maximum Gasteiger partial charge on any atom is 0.0847 e. The highest BCUT2D eigenvalue weighted by Gasteiger charge is 2.45. The molecule has 0 aromatic rings. The summed E-state index contributed by atoms with van der Waals surface area (Å²) in [5.74, 6) is 0.741. The lowest BCUT2D eigenvalue weighted by molar-refractivity contribution is 0.00583. The molecular weight excluding hydrogens is 218 g/mol. The van der Waals surface area contributed by atoms with Crippen LogP contribution >= 0.6 is 0 Å². The largest absolute Gasteiger partial charge is 0.381 e. The average Bonchev–Trinajstić information content (AvgIpc) is 3.03.